The van der Waals surface area contributed by atoms with Crippen molar-refractivity contribution in [1.29, 1.82) is 0 Å². The van der Waals surface area contributed by atoms with Crippen LogP contribution in [0.5, 0.6) is 0 Å². The Hall–Kier alpha value is 0.310. The Morgan fingerprint density at radius 3 is 1.45 bits per heavy atom. The van der Waals surface area contributed by atoms with Crippen molar-refractivity contribution in [1.82, 2.24) is 0 Å². The highest BCUT2D eigenvalue weighted by Gasteiger charge is 2.28. The Bertz CT molecular complexity index is 96.1. The van der Waals surface area contributed by atoms with Crippen LogP contribution in [0.1, 0.15) is 34.6 Å². The highest BCUT2D eigenvalue weighted by atomic mass is 32.3. The Morgan fingerprint density at radius 1 is 1.09 bits per heavy atom. The molecule has 0 rings (SSSR count). The molecule has 11 heavy (non-hydrogen) atoms. The van der Waals surface area contributed by atoms with Gasteiger partial charge in [0.15, 0.2) is 0 Å². The lowest BCUT2D eigenvalue weighted by Gasteiger charge is -2.45. The van der Waals surface area contributed by atoms with Crippen LogP contribution in [0.4, 0.5) is 0 Å². The van der Waals surface area contributed by atoms with E-state index in [9.17, 15) is 5.11 Å². The molecule has 0 aliphatic heterocycles. The van der Waals surface area contributed by atoms with E-state index in [4.69, 9.17) is 0 Å². The fraction of sp³-hybridized carbons (Fsp3) is 1.00. The van der Waals surface area contributed by atoms with E-state index in [1.54, 1.807) is 0 Å². The van der Waals surface area contributed by atoms with Crippen molar-refractivity contribution in [2.24, 2.45) is 0 Å². The Morgan fingerprint density at radius 2 is 1.45 bits per heavy atom. The number of hydrogen-bond acceptors (Lipinski definition) is 1. The molecule has 0 aliphatic rings. The van der Waals surface area contributed by atoms with Crippen molar-refractivity contribution in [3.63, 3.8) is 0 Å². The van der Waals surface area contributed by atoms with E-state index in [0.717, 1.165) is 11.5 Å². The van der Waals surface area contributed by atoms with Gasteiger partial charge in [-0.3, -0.25) is 0 Å². The van der Waals surface area contributed by atoms with Gasteiger partial charge in [0.1, 0.15) is 0 Å². The summed E-state index contributed by atoms with van der Waals surface area (Å²) in [5.74, 6) is 2.30. The van der Waals surface area contributed by atoms with Crippen LogP contribution in [0.25, 0.3) is 0 Å². The molecule has 0 fully saturated rings. The van der Waals surface area contributed by atoms with Crippen LogP contribution in [0.15, 0.2) is 0 Å². The third kappa shape index (κ3) is 2.12. The maximum atomic E-state index is 9.67. The molecule has 0 saturated heterocycles. The summed E-state index contributed by atoms with van der Waals surface area (Å²) in [5.41, 5.74) is -0.0995. The van der Waals surface area contributed by atoms with Gasteiger partial charge in [-0.15, -0.1) is 0 Å². The van der Waals surface area contributed by atoms with Gasteiger partial charge in [-0.05, 0) is 23.7 Å². The molecule has 0 radical (unpaired) electrons. The molecule has 0 aromatic heterocycles. The van der Waals surface area contributed by atoms with Gasteiger partial charge in [0.25, 0.3) is 0 Å². The fourth-order valence-corrected chi connectivity index (χ4v) is 5.24. The largest absolute Gasteiger partial charge is 0.384 e. The SMILES string of the molecule is CCS(CC)(C(C)C)C(C)O. The molecular weight excluding hydrogens is 156 g/mol. The second-order valence-corrected chi connectivity index (χ2v) is 8.03. The summed E-state index contributed by atoms with van der Waals surface area (Å²) in [6.45, 7) is 10.8. The Labute approximate surface area is 72.5 Å². The zero-order valence-corrected chi connectivity index (χ0v) is 9.24. The van der Waals surface area contributed by atoms with E-state index in [0.29, 0.717) is 5.25 Å². The molecule has 1 N–H and O–H groups in total. The lowest BCUT2D eigenvalue weighted by atomic mass is 10.6. The van der Waals surface area contributed by atoms with Crippen molar-refractivity contribution < 1.29 is 5.11 Å². The molecule has 70 valence electrons. The van der Waals surface area contributed by atoms with Gasteiger partial charge in [0, 0.05) is 0 Å². The highest BCUT2D eigenvalue weighted by Crippen LogP contribution is 2.54. The van der Waals surface area contributed by atoms with Gasteiger partial charge in [0.05, 0.1) is 5.44 Å². The molecule has 0 amide bonds. The van der Waals surface area contributed by atoms with Crippen LogP contribution >= 0.6 is 10.0 Å². The number of aliphatic hydroxyl groups excluding tert-OH is 1. The number of aliphatic hydroxyl groups is 1. The molecular formula is C9H22OS. The van der Waals surface area contributed by atoms with E-state index in [1.165, 1.54) is 0 Å². The van der Waals surface area contributed by atoms with Gasteiger partial charge >= 0.3 is 0 Å². The lowest BCUT2D eigenvalue weighted by molar-refractivity contribution is 0.277. The minimum atomic E-state index is -0.750. The summed E-state index contributed by atoms with van der Waals surface area (Å²) in [4.78, 5) is 0. The van der Waals surface area contributed by atoms with E-state index in [1.807, 2.05) is 6.92 Å². The molecule has 1 unspecified atom stereocenters. The Kier molecular flexibility index (Phi) is 4.49. The lowest BCUT2D eigenvalue weighted by Crippen LogP contribution is -2.26. The molecule has 0 spiro atoms. The van der Waals surface area contributed by atoms with Gasteiger partial charge in [0.2, 0.25) is 0 Å². The van der Waals surface area contributed by atoms with Gasteiger partial charge < -0.3 is 5.11 Å². The molecule has 0 aromatic carbocycles. The number of rotatable bonds is 4. The molecule has 0 aliphatic carbocycles. The summed E-state index contributed by atoms with van der Waals surface area (Å²) >= 11 is 0. The van der Waals surface area contributed by atoms with Crippen LogP contribution in [0, 0.1) is 0 Å². The topological polar surface area (TPSA) is 20.2 Å². The first-order valence-corrected chi connectivity index (χ1v) is 6.55. The Balaban J connectivity index is 4.46. The van der Waals surface area contributed by atoms with Crippen LogP contribution in [-0.2, 0) is 0 Å². The fourth-order valence-electron chi connectivity index (χ4n) is 1.75. The van der Waals surface area contributed by atoms with Gasteiger partial charge in [-0.25, -0.2) is 10.0 Å². The second-order valence-electron chi connectivity index (χ2n) is 3.23. The normalized spacial score (nSPS) is 17.0. The summed E-state index contributed by atoms with van der Waals surface area (Å²) in [7, 11) is -0.750. The summed E-state index contributed by atoms with van der Waals surface area (Å²) in [5, 5.41) is 10.3. The van der Waals surface area contributed by atoms with E-state index in [-0.39, 0.29) is 5.44 Å². The quantitative estimate of drug-likeness (QED) is 0.701. The summed E-state index contributed by atoms with van der Waals surface area (Å²) in [6, 6.07) is 0. The smallest absolute Gasteiger partial charge is 0.0817 e. The molecule has 0 heterocycles. The predicted molar refractivity (Wildman–Crippen MR) is 55.5 cm³/mol. The minimum Gasteiger partial charge on any atom is -0.384 e. The molecule has 2 heteroatoms. The van der Waals surface area contributed by atoms with Crippen LogP contribution in [0.2, 0.25) is 0 Å². The third-order valence-electron chi connectivity index (χ3n) is 2.69. The third-order valence-corrected chi connectivity index (χ3v) is 8.08. The standard InChI is InChI=1S/C9H22OS/c1-6-11(7-2,8(3)4)9(5)10/h8-10H,6-7H2,1-5H3. The van der Waals surface area contributed by atoms with Crippen LogP contribution in [0.3, 0.4) is 0 Å². The van der Waals surface area contributed by atoms with Crippen molar-refractivity contribution in [2.75, 3.05) is 11.5 Å². The van der Waals surface area contributed by atoms with Crippen molar-refractivity contribution in [3.8, 4) is 0 Å². The van der Waals surface area contributed by atoms with Gasteiger partial charge in [-0.1, -0.05) is 27.7 Å². The van der Waals surface area contributed by atoms with E-state index < -0.39 is 10.0 Å². The molecule has 1 nitrogen and oxygen atoms in total. The minimum absolute atomic E-state index is 0.0995. The molecule has 0 aromatic rings. The van der Waals surface area contributed by atoms with E-state index >= 15 is 0 Å². The maximum Gasteiger partial charge on any atom is 0.0817 e. The van der Waals surface area contributed by atoms with Crippen LogP contribution < -0.4 is 0 Å². The van der Waals surface area contributed by atoms with Crippen molar-refractivity contribution in [2.45, 2.75) is 45.3 Å². The molecule has 0 saturated carbocycles. The predicted octanol–water partition coefficient (Wildman–Crippen LogP) is 2.58. The first-order valence-electron chi connectivity index (χ1n) is 4.45. The van der Waals surface area contributed by atoms with Crippen molar-refractivity contribution in [3.05, 3.63) is 0 Å². The monoisotopic (exact) mass is 178 g/mol. The first kappa shape index (κ1) is 11.3. The number of hydrogen-bond donors (Lipinski definition) is 1. The van der Waals surface area contributed by atoms with Crippen molar-refractivity contribution >= 4 is 10.0 Å². The highest BCUT2D eigenvalue weighted by molar-refractivity contribution is 8.34. The maximum absolute atomic E-state index is 9.67. The van der Waals surface area contributed by atoms with Gasteiger partial charge in [-0.2, -0.15) is 0 Å². The van der Waals surface area contributed by atoms with Crippen LogP contribution in [-0.4, -0.2) is 27.3 Å². The zero-order valence-electron chi connectivity index (χ0n) is 8.42. The summed E-state index contributed by atoms with van der Waals surface area (Å²) < 4.78 is 0. The van der Waals surface area contributed by atoms with E-state index in [2.05, 4.69) is 27.7 Å². The first-order chi connectivity index (χ1) is 5.01. The second kappa shape index (κ2) is 4.36. The molecule has 1 atom stereocenters. The summed E-state index contributed by atoms with van der Waals surface area (Å²) in [6.07, 6.45) is 0. The average Bonchev–Trinajstić information content (AvgIpc) is 1.90. The average molecular weight is 178 g/mol. The molecule has 0 bridgehead atoms. The zero-order chi connectivity index (χ0) is 9.07.